The molecule has 2 aromatic rings. The molecule has 0 amide bonds. The van der Waals surface area contributed by atoms with E-state index in [1.807, 2.05) is 37.3 Å². The van der Waals surface area contributed by atoms with Crippen LogP contribution in [0.5, 0.6) is 0 Å². The number of carboxylic acids is 1. The molecule has 4 heteroatoms. The van der Waals surface area contributed by atoms with E-state index in [9.17, 15) is 14.7 Å². The lowest BCUT2D eigenvalue weighted by Crippen LogP contribution is -2.50. The number of hydrogen-bond acceptors (Lipinski definition) is 3. The summed E-state index contributed by atoms with van der Waals surface area (Å²) in [4.78, 5) is 25.9. The van der Waals surface area contributed by atoms with Gasteiger partial charge in [0.05, 0.1) is 0 Å². The zero-order chi connectivity index (χ0) is 19.7. The molecule has 0 radical (unpaired) electrons. The summed E-state index contributed by atoms with van der Waals surface area (Å²) in [7, 11) is 0. The lowest BCUT2D eigenvalue weighted by molar-refractivity contribution is -0.162. The number of aliphatic carboxylic acids is 1. The third kappa shape index (κ3) is 4.27. The lowest BCUT2D eigenvalue weighted by atomic mass is 9.65. The predicted molar refractivity (Wildman–Crippen MR) is 106 cm³/mol. The van der Waals surface area contributed by atoms with Crippen molar-refractivity contribution >= 4 is 11.9 Å². The van der Waals surface area contributed by atoms with Crippen LogP contribution < -0.4 is 0 Å². The molecule has 2 unspecified atom stereocenters. The highest BCUT2D eigenvalue weighted by molar-refractivity contribution is 6.07. The van der Waals surface area contributed by atoms with Crippen LogP contribution in [0.25, 0.3) is 0 Å². The van der Waals surface area contributed by atoms with Crippen LogP contribution in [0.4, 0.5) is 0 Å². The first-order valence-corrected chi connectivity index (χ1v) is 9.21. The first-order valence-electron chi connectivity index (χ1n) is 9.21. The molecule has 0 saturated carbocycles. The fourth-order valence-corrected chi connectivity index (χ4v) is 3.50. The van der Waals surface area contributed by atoms with Gasteiger partial charge in [-0.1, -0.05) is 93.1 Å². The van der Waals surface area contributed by atoms with Crippen molar-refractivity contribution in [2.24, 2.45) is 0 Å². The van der Waals surface area contributed by atoms with Gasteiger partial charge in [-0.05, 0) is 17.5 Å². The van der Waals surface area contributed by atoms with Gasteiger partial charge in [-0.25, -0.2) is 0 Å². The number of esters is 1. The van der Waals surface area contributed by atoms with E-state index >= 15 is 0 Å². The average Bonchev–Trinajstić information content (AvgIpc) is 2.70. The number of hydrogen-bond donors (Lipinski definition) is 1. The van der Waals surface area contributed by atoms with Crippen molar-refractivity contribution in [3.8, 4) is 0 Å². The number of ether oxygens (including phenoxy) is 1. The fourth-order valence-electron chi connectivity index (χ4n) is 3.50. The molecule has 0 bridgehead atoms. The molecule has 4 nitrogen and oxygen atoms in total. The smallest absolute Gasteiger partial charge is 0.329 e. The van der Waals surface area contributed by atoms with Gasteiger partial charge in [-0.15, -0.1) is 0 Å². The van der Waals surface area contributed by atoms with Crippen molar-refractivity contribution in [1.82, 2.24) is 0 Å². The van der Waals surface area contributed by atoms with Gasteiger partial charge in [-0.2, -0.15) is 0 Å². The van der Waals surface area contributed by atoms with Crippen LogP contribution in [0.2, 0.25) is 0 Å². The Morgan fingerprint density at radius 2 is 1.70 bits per heavy atom. The van der Waals surface area contributed by atoms with Crippen molar-refractivity contribution in [3.63, 3.8) is 0 Å². The average molecular weight is 366 g/mol. The molecule has 0 fully saturated rings. The second kappa shape index (κ2) is 9.72. The zero-order valence-electron chi connectivity index (χ0n) is 15.6. The van der Waals surface area contributed by atoms with Crippen LogP contribution in [0.3, 0.4) is 0 Å². The number of unbranched alkanes of at least 4 members (excludes halogenated alkanes) is 1. The molecule has 1 N–H and O–H groups in total. The van der Waals surface area contributed by atoms with E-state index in [4.69, 9.17) is 4.74 Å². The van der Waals surface area contributed by atoms with Crippen LogP contribution in [-0.4, -0.2) is 23.7 Å². The Balaban J connectivity index is 2.71. The van der Waals surface area contributed by atoms with Gasteiger partial charge in [-0.3, -0.25) is 9.59 Å². The summed E-state index contributed by atoms with van der Waals surface area (Å²) in [6, 6.07) is 18.0. The van der Waals surface area contributed by atoms with E-state index in [-0.39, 0.29) is 6.61 Å². The second-order valence-corrected chi connectivity index (χ2v) is 6.47. The maximum atomic E-state index is 13.2. The Hall–Kier alpha value is -2.88. The van der Waals surface area contributed by atoms with Crippen molar-refractivity contribution in [2.45, 2.75) is 37.5 Å². The molecule has 0 saturated heterocycles. The molecular weight excluding hydrogens is 340 g/mol. The molecule has 0 aliphatic heterocycles. The van der Waals surface area contributed by atoms with E-state index in [1.165, 1.54) is 6.08 Å². The van der Waals surface area contributed by atoms with Gasteiger partial charge >= 0.3 is 11.9 Å². The number of carbonyl (C=O) groups excluding carboxylic acids is 1. The topological polar surface area (TPSA) is 63.6 Å². The third-order valence-electron chi connectivity index (χ3n) is 4.79. The summed E-state index contributed by atoms with van der Waals surface area (Å²) >= 11 is 0. The molecule has 27 heavy (non-hydrogen) atoms. The Kier molecular flexibility index (Phi) is 7.35. The monoisotopic (exact) mass is 366 g/mol. The molecule has 142 valence electrons. The number of rotatable bonds is 10. The fraction of sp³-hybridized carbons (Fsp3) is 0.304. The molecule has 0 aliphatic carbocycles. The number of benzene rings is 2. The van der Waals surface area contributed by atoms with Gasteiger partial charge in [0.25, 0.3) is 0 Å². The Morgan fingerprint density at radius 3 is 2.22 bits per heavy atom. The maximum absolute atomic E-state index is 13.2. The zero-order valence-corrected chi connectivity index (χ0v) is 15.6. The highest BCUT2D eigenvalue weighted by Crippen LogP contribution is 2.44. The van der Waals surface area contributed by atoms with E-state index in [0.29, 0.717) is 12.0 Å². The highest BCUT2D eigenvalue weighted by atomic mass is 16.5. The Bertz CT molecular complexity index is 754. The minimum Gasteiger partial charge on any atom is -0.480 e. The van der Waals surface area contributed by atoms with E-state index in [0.717, 1.165) is 18.4 Å². The normalized spacial score (nSPS) is 14.0. The van der Waals surface area contributed by atoms with Gasteiger partial charge in [0.1, 0.15) is 6.61 Å². The minimum absolute atomic E-state index is 0.0318. The van der Waals surface area contributed by atoms with Crippen LogP contribution in [0, 0.1) is 0 Å². The van der Waals surface area contributed by atoms with E-state index < -0.39 is 23.3 Å². The number of carbonyl (C=O) groups is 2. The van der Waals surface area contributed by atoms with Crippen LogP contribution in [0.1, 0.15) is 43.2 Å². The summed E-state index contributed by atoms with van der Waals surface area (Å²) in [6.07, 6.45) is 3.70. The highest BCUT2D eigenvalue weighted by Gasteiger charge is 2.55. The lowest BCUT2D eigenvalue weighted by Gasteiger charge is -2.36. The van der Waals surface area contributed by atoms with Crippen molar-refractivity contribution in [3.05, 3.63) is 84.4 Å². The summed E-state index contributed by atoms with van der Waals surface area (Å²) in [5.74, 6) is -2.50. The van der Waals surface area contributed by atoms with Crippen molar-refractivity contribution < 1.29 is 19.4 Å². The molecular formula is C23H26O4. The van der Waals surface area contributed by atoms with E-state index in [2.05, 4.69) is 6.58 Å². The summed E-state index contributed by atoms with van der Waals surface area (Å²) in [5, 5.41) is 10.4. The van der Waals surface area contributed by atoms with Crippen LogP contribution in [0.15, 0.2) is 73.3 Å². The molecule has 0 aliphatic rings. The van der Waals surface area contributed by atoms with Crippen LogP contribution >= 0.6 is 0 Å². The molecule has 2 atom stereocenters. The Labute approximate surface area is 160 Å². The summed E-state index contributed by atoms with van der Waals surface area (Å²) in [5.41, 5.74) is -0.579. The second-order valence-electron chi connectivity index (χ2n) is 6.47. The van der Waals surface area contributed by atoms with E-state index in [1.54, 1.807) is 30.3 Å². The minimum atomic E-state index is -1.82. The first-order chi connectivity index (χ1) is 13.1. The predicted octanol–water partition coefficient (Wildman–Crippen LogP) is 4.71. The molecule has 0 heterocycles. The van der Waals surface area contributed by atoms with Crippen molar-refractivity contribution in [2.75, 3.05) is 6.61 Å². The first kappa shape index (κ1) is 20.4. The van der Waals surface area contributed by atoms with Gasteiger partial charge in [0.2, 0.25) is 0 Å². The van der Waals surface area contributed by atoms with Crippen LogP contribution in [-0.2, 0) is 19.7 Å². The summed E-state index contributed by atoms with van der Waals surface area (Å²) < 4.78 is 5.32. The largest absolute Gasteiger partial charge is 0.480 e. The van der Waals surface area contributed by atoms with Crippen molar-refractivity contribution in [1.29, 1.82) is 0 Å². The third-order valence-corrected chi connectivity index (χ3v) is 4.79. The quantitative estimate of drug-likeness (QED) is 0.376. The number of carboxylic acid groups (broad SMARTS) is 1. The molecule has 2 aromatic carbocycles. The van der Waals surface area contributed by atoms with Gasteiger partial charge in [0.15, 0.2) is 5.41 Å². The summed E-state index contributed by atoms with van der Waals surface area (Å²) in [6.45, 7) is 5.57. The van der Waals surface area contributed by atoms with Gasteiger partial charge in [0, 0.05) is 5.92 Å². The maximum Gasteiger partial charge on any atom is 0.329 e. The standard InChI is InChI=1S/C23H26O4/c1-3-5-16-20(18-12-8-6-9-13-18)23(21(24)25,22(26)27-17-4-2)19-14-10-7-11-15-19/h4,6-15,20H,2-3,5,16-17H2,1H3,(H,24,25). The SMILES string of the molecule is C=CCOC(=O)C(C(=O)O)(c1ccccc1)C(CCCC)c1ccccc1. The molecule has 0 spiro atoms. The molecule has 2 rings (SSSR count). The Morgan fingerprint density at radius 1 is 1.11 bits per heavy atom. The van der Waals surface area contributed by atoms with Gasteiger partial charge < -0.3 is 9.84 Å². The molecule has 0 aromatic heterocycles.